The van der Waals surface area contributed by atoms with Crippen molar-refractivity contribution >= 4 is 28.5 Å². The highest BCUT2D eigenvalue weighted by Crippen LogP contribution is 2.31. The SMILES string of the molecule is CCCCc1nc(Cl)c(C(=O)O)n1Cc1cccc2ccn(-c3ccccc3-c3nn[nH]n3)c12. The second-order valence-corrected chi connectivity index (χ2v) is 8.31. The molecule has 0 atom stereocenters. The number of carboxylic acids is 1. The normalized spacial score (nSPS) is 11.4. The molecule has 0 unspecified atom stereocenters. The molecule has 0 bridgehead atoms. The van der Waals surface area contributed by atoms with Crippen molar-refractivity contribution < 1.29 is 9.90 Å². The summed E-state index contributed by atoms with van der Waals surface area (Å²) in [6.45, 7) is 2.41. The van der Waals surface area contributed by atoms with Gasteiger partial charge in [-0.15, -0.1) is 10.2 Å². The van der Waals surface area contributed by atoms with Crippen LogP contribution in [0.1, 0.15) is 41.6 Å². The number of carbonyl (C=O) groups is 1. The fraction of sp³-hybridized carbons (Fsp3) is 0.208. The summed E-state index contributed by atoms with van der Waals surface area (Å²) in [5.41, 5.74) is 3.62. The number of rotatable bonds is 8. The quantitative estimate of drug-likeness (QED) is 0.334. The average Bonchev–Trinajstić information content (AvgIpc) is 3.57. The van der Waals surface area contributed by atoms with E-state index >= 15 is 0 Å². The Hall–Kier alpha value is -3.98. The van der Waals surface area contributed by atoms with Crippen LogP contribution < -0.4 is 0 Å². The van der Waals surface area contributed by atoms with Crippen molar-refractivity contribution in [3.8, 4) is 17.1 Å². The van der Waals surface area contributed by atoms with Crippen LogP contribution in [0.2, 0.25) is 5.15 Å². The lowest BCUT2D eigenvalue weighted by atomic mass is 10.1. The van der Waals surface area contributed by atoms with Crippen LogP contribution in [-0.4, -0.2) is 45.8 Å². The van der Waals surface area contributed by atoms with Crippen LogP contribution in [0, 0.1) is 0 Å². The molecule has 3 aromatic heterocycles. The summed E-state index contributed by atoms with van der Waals surface area (Å²) >= 11 is 6.25. The molecule has 172 valence electrons. The summed E-state index contributed by atoms with van der Waals surface area (Å²) in [5, 5.41) is 25.4. The third-order valence-corrected chi connectivity index (χ3v) is 6.10. The van der Waals surface area contributed by atoms with Gasteiger partial charge in [-0.3, -0.25) is 0 Å². The van der Waals surface area contributed by atoms with Gasteiger partial charge in [-0.2, -0.15) is 5.21 Å². The van der Waals surface area contributed by atoms with Crippen molar-refractivity contribution in [2.45, 2.75) is 32.7 Å². The number of benzene rings is 2. The van der Waals surface area contributed by atoms with Crippen LogP contribution in [0.4, 0.5) is 0 Å². The third-order valence-electron chi connectivity index (χ3n) is 5.83. The molecule has 0 saturated carbocycles. The molecule has 0 spiro atoms. The first-order valence-corrected chi connectivity index (χ1v) is 11.4. The molecule has 0 radical (unpaired) electrons. The minimum Gasteiger partial charge on any atom is -0.476 e. The predicted molar refractivity (Wildman–Crippen MR) is 128 cm³/mol. The highest BCUT2D eigenvalue weighted by atomic mass is 35.5. The smallest absolute Gasteiger partial charge is 0.355 e. The van der Waals surface area contributed by atoms with Gasteiger partial charge in [0.05, 0.1) is 17.7 Å². The molecule has 0 aliphatic carbocycles. The number of tetrazole rings is 1. The van der Waals surface area contributed by atoms with Crippen LogP contribution >= 0.6 is 11.6 Å². The minimum absolute atomic E-state index is 0.00933. The molecule has 9 nitrogen and oxygen atoms in total. The van der Waals surface area contributed by atoms with Crippen molar-refractivity contribution in [1.82, 2.24) is 34.7 Å². The summed E-state index contributed by atoms with van der Waals surface area (Å²) in [6.07, 6.45) is 4.51. The largest absolute Gasteiger partial charge is 0.476 e. The molecule has 2 aromatic carbocycles. The number of nitrogens with one attached hydrogen (secondary N) is 1. The van der Waals surface area contributed by atoms with Gasteiger partial charge in [-0.05, 0) is 35.4 Å². The van der Waals surface area contributed by atoms with Gasteiger partial charge in [0.25, 0.3) is 0 Å². The molecule has 0 aliphatic rings. The molecule has 10 heteroatoms. The number of aromatic amines is 1. The van der Waals surface area contributed by atoms with E-state index in [2.05, 4.69) is 37.1 Å². The second kappa shape index (κ2) is 9.11. The molecule has 0 fully saturated rings. The van der Waals surface area contributed by atoms with E-state index in [0.717, 1.165) is 40.6 Å². The summed E-state index contributed by atoms with van der Waals surface area (Å²) in [7, 11) is 0. The number of aromatic nitrogens is 7. The number of H-pyrrole nitrogens is 1. The van der Waals surface area contributed by atoms with E-state index in [1.807, 2.05) is 54.7 Å². The molecule has 5 aromatic rings. The lowest BCUT2D eigenvalue weighted by Gasteiger charge is -2.15. The van der Waals surface area contributed by atoms with Gasteiger partial charge in [-0.1, -0.05) is 55.3 Å². The monoisotopic (exact) mass is 475 g/mol. The molecular weight excluding hydrogens is 454 g/mol. The van der Waals surface area contributed by atoms with Gasteiger partial charge < -0.3 is 14.2 Å². The first kappa shape index (κ1) is 21.8. The molecule has 0 aliphatic heterocycles. The van der Waals surface area contributed by atoms with E-state index in [9.17, 15) is 9.90 Å². The van der Waals surface area contributed by atoms with E-state index in [-0.39, 0.29) is 10.8 Å². The number of carboxylic acid groups (broad SMARTS) is 1. The number of imidazole rings is 1. The number of para-hydroxylation sites is 2. The molecular formula is C24H22ClN7O2. The van der Waals surface area contributed by atoms with Crippen molar-refractivity contribution in [2.24, 2.45) is 0 Å². The topological polar surface area (TPSA) is 115 Å². The average molecular weight is 476 g/mol. The lowest BCUT2D eigenvalue weighted by Crippen LogP contribution is -2.13. The van der Waals surface area contributed by atoms with Crippen molar-refractivity contribution in [3.05, 3.63) is 77.0 Å². The Bertz CT molecular complexity index is 1470. The maximum atomic E-state index is 12.0. The predicted octanol–water partition coefficient (Wildman–Crippen LogP) is 4.75. The molecule has 0 saturated heterocycles. The standard InChI is InChI=1S/C24H22ClN7O2/c1-2-3-11-19-26-22(25)21(24(33)34)32(19)14-16-8-6-7-15-12-13-31(20(15)16)18-10-5-4-9-17(18)23-27-29-30-28-23/h4-10,12-13H,2-3,11,14H2,1H3,(H,33,34)(H,27,28,29,30). The van der Waals surface area contributed by atoms with Crippen LogP contribution in [0.3, 0.4) is 0 Å². The van der Waals surface area contributed by atoms with Gasteiger partial charge in [0, 0.05) is 23.6 Å². The first-order chi connectivity index (χ1) is 16.6. The summed E-state index contributed by atoms with van der Waals surface area (Å²) in [5.74, 6) is 0.0724. The minimum atomic E-state index is -1.09. The zero-order valence-corrected chi connectivity index (χ0v) is 19.2. The molecule has 5 rings (SSSR count). The number of fused-ring (bicyclic) bond motifs is 1. The Morgan fingerprint density at radius 3 is 2.76 bits per heavy atom. The summed E-state index contributed by atoms with van der Waals surface area (Å²) in [6, 6.07) is 15.8. The van der Waals surface area contributed by atoms with Crippen LogP contribution in [0.5, 0.6) is 0 Å². The molecule has 0 amide bonds. The van der Waals surface area contributed by atoms with Crippen LogP contribution in [-0.2, 0) is 13.0 Å². The molecule has 3 heterocycles. The number of hydrogen-bond acceptors (Lipinski definition) is 5. The fourth-order valence-corrected chi connectivity index (χ4v) is 4.56. The second-order valence-electron chi connectivity index (χ2n) is 7.96. The Morgan fingerprint density at radius 1 is 1.15 bits per heavy atom. The van der Waals surface area contributed by atoms with Gasteiger partial charge >= 0.3 is 5.97 Å². The Labute approximate surface area is 200 Å². The Balaban J connectivity index is 1.67. The van der Waals surface area contributed by atoms with Crippen molar-refractivity contribution in [3.63, 3.8) is 0 Å². The highest BCUT2D eigenvalue weighted by molar-refractivity contribution is 6.32. The van der Waals surface area contributed by atoms with Gasteiger partial charge in [0.15, 0.2) is 10.8 Å². The van der Waals surface area contributed by atoms with Gasteiger partial charge in [0.1, 0.15) is 5.82 Å². The van der Waals surface area contributed by atoms with E-state index < -0.39 is 5.97 Å². The van der Waals surface area contributed by atoms with E-state index in [1.54, 1.807) is 4.57 Å². The van der Waals surface area contributed by atoms with E-state index in [4.69, 9.17) is 11.6 Å². The molecule has 2 N–H and O–H groups in total. The Morgan fingerprint density at radius 2 is 2.00 bits per heavy atom. The maximum Gasteiger partial charge on any atom is 0.355 e. The van der Waals surface area contributed by atoms with E-state index in [1.165, 1.54) is 0 Å². The first-order valence-electron chi connectivity index (χ1n) is 11.0. The zero-order valence-electron chi connectivity index (χ0n) is 18.4. The fourth-order valence-electron chi connectivity index (χ4n) is 4.28. The maximum absolute atomic E-state index is 12.0. The molecule has 34 heavy (non-hydrogen) atoms. The van der Waals surface area contributed by atoms with Crippen LogP contribution in [0.25, 0.3) is 28.0 Å². The number of aromatic carboxylic acids is 1. The van der Waals surface area contributed by atoms with E-state index in [0.29, 0.717) is 24.6 Å². The number of nitrogens with zero attached hydrogens (tertiary/aromatic N) is 6. The van der Waals surface area contributed by atoms with Crippen molar-refractivity contribution in [2.75, 3.05) is 0 Å². The highest BCUT2D eigenvalue weighted by Gasteiger charge is 2.23. The van der Waals surface area contributed by atoms with Gasteiger partial charge in [0.2, 0.25) is 5.82 Å². The number of aryl methyl sites for hydroxylation is 1. The van der Waals surface area contributed by atoms with Gasteiger partial charge in [-0.25, -0.2) is 9.78 Å². The summed E-state index contributed by atoms with van der Waals surface area (Å²) < 4.78 is 3.79. The lowest BCUT2D eigenvalue weighted by molar-refractivity contribution is 0.0685. The number of halogens is 1. The number of unbranched alkanes of at least 4 members (excludes halogenated alkanes) is 1. The zero-order chi connectivity index (χ0) is 23.7. The van der Waals surface area contributed by atoms with Crippen LogP contribution in [0.15, 0.2) is 54.7 Å². The summed E-state index contributed by atoms with van der Waals surface area (Å²) in [4.78, 5) is 16.4. The van der Waals surface area contributed by atoms with Crippen molar-refractivity contribution in [1.29, 1.82) is 0 Å². The third kappa shape index (κ3) is 3.84. The number of hydrogen-bond donors (Lipinski definition) is 2. The Kier molecular flexibility index (Phi) is 5.85.